The first kappa shape index (κ1) is 10.8. The molecule has 0 spiro atoms. The lowest BCUT2D eigenvalue weighted by Gasteiger charge is -2.10. The minimum atomic E-state index is 0.692. The molecule has 0 aliphatic carbocycles. The number of rotatable bonds is 2. The van der Waals surface area contributed by atoms with Gasteiger partial charge in [0.1, 0.15) is 0 Å². The van der Waals surface area contributed by atoms with Crippen LogP contribution in [-0.4, -0.2) is 12.6 Å². The molecule has 0 saturated carbocycles. The van der Waals surface area contributed by atoms with Gasteiger partial charge >= 0.3 is 0 Å². The van der Waals surface area contributed by atoms with E-state index >= 15 is 0 Å². The van der Waals surface area contributed by atoms with Gasteiger partial charge in [0.25, 0.3) is 0 Å². The first-order valence-electron chi connectivity index (χ1n) is 6.54. The summed E-state index contributed by atoms with van der Waals surface area (Å²) in [5, 5.41) is 6.28. The van der Waals surface area contributed by atoms with Gasteiger partial charge in [-0.15, -0.1) is 0 Å². The molecule has 1 aliphatic heterocycles. The molecule has 0 bridgehead atoms. The molecule has 0 aromatic heterocycles. The third kappa shape index (κ3) is 2.34. The fraction of sp³-hybridized carbons (Fsp3) is 0.375. The summed E-state index contributed by atoms with van der Waals surface area (Å²) in [4.78, 5) is 0. The van der Waals surface area contributed by atoms with Gasteiger partial charge in [0.15, 0.2) is 0 Å². The Kier molecular flexibility index (Phi) is 2.86. The van der Waals surface area contributed by atoms with E-state index in [9.17, 15) is 0 Å². The minimum absolute atomic E-state index is 0.692. The van der Waals surface area contributed by atoms with Crippen LogP contribution in [0, 0.1) is 6.92 Å². The van der Waals surface area contributed by atoms with Crippen molar-refractivity contribution in [1.82, 2.24) is 5.32 Å². The van der Waals surface area contributed by atoms with Crippen molar-refractivity contribution in [1.29, 1.82) is 0 Å². The zero-order valence-corrected chi connectivity index (χ0v) is 10.4. The quantitative estimate of drug-likeness (QED) is 0.825. The van der Waals surface area contributed by atoms with Gasteiger partial charge in [-0.05, 0) is 49.1 Å². The maximum atomic E-state index is 3.56. The largest absolute Gasteiger partial charge is 0.314 e. The maximum absolute atomic E-state index is 3.56. The van der Waals surface area contributed by atoms with Gasteiger partial charge in [-0.1, -0.05) is 42.0 Å². The Morgan fingerprint density at radius 3 is 2.76 bits per heavy atom. The summed E-state index contributed by atoms with van der Waals surface area (Å²) >= 11 is 0. The van der Waals surface area contributed by atoms with Crippen molar-refractivity contribution in [2.45, 2.75) is 32.2 Å². The maximum Gasteiger partial charge on any atom is 0.0108 e. The minimum Gasteiger partial charge on any atom is -0.314 e. The average Bonchev–Trinajstić information content (AvgIpc) is 2.82. The molecule has 1 saturated heterocycles. The van der Waals surface area contributed by atoms with E-state index in [0.29, 0.717) is 6.04 Å². The summed E-state index contributed by atoms with van der Waals surface area (Å²) in [6, 6.07) is 14.3. The highest BCUT2D eigenvalue weighted by Crippen LogP contribution is 2.20. The molecule has 0 radical (unpaired) electrons. The average molecular weight is 225 g/mol. The van der Waals surface area contributed by atoms with Crippen LogP contribution in [0.15, 0.2) is 36.4 Å². The molecular weight excluding hydrogens is 206 g/mol. The molecule has 1 nitrogen and oxygen atoms in total. The lowest BCUT2D eigenvalue weighted by molar-refractivity contribution is 0.603. The monoisotopic (exact) mass is 225 g/mol. The topological polar surface area (TPSA) is 12.0 Å². The van der Waals surface area contributed by atoms with E-state index in [4.69, 9.17) is 0 Å². The first-order valence-corrected chi connectivity index (χ1v) is 6.54. The van der Waals surface area contributed by atoms with Gasteiger partial charge in [0, 0.05) is 6.04 Å². The van der Waals surface area contributed by atoms with E-state index < -0.39 is 0 Å². The fourth-order valence-corrected chi connectivity index (χ4v) is 2.76. The molecule has 1 fully saturated rings. The van der Waals surface area contributed by atoms with E-state index in [1.54, 1.807) is 0 Å². The Balaban J connectivity index is 1.88. The second kappa shape index (κ2) is 4.50. The molecular formula is C16H19N. The zero-order chi connectivity index (χ0) is 11.7. The van der Waals surface area contributed by atoms with Crippen LogP contribution in [-0.2, 0) is 6.42 Å². The Labute approximate surface area is 103 Å². The number of hydrogen-bond donors (Lipinski definition) is 1. The Hall–Kier alpha value is -1.34. The summed E-state index contributed by atoms with van der Waals surface area (Å²) in [6.45, 7) is 3.34. The molecule has 1 aliphatic rings. The highest BCUT2D eigenvalue weighted by Gasteiger charge is 2.14. The van der Waals surface area contributed by atoms with E-state index in [1.807, 2.05) is 0 Å². The smallest absolute Gasteiger partial charge is 0.0108 e. The van der Waals surface area contributed by atoms with Gasteiger partial charge < -0.3 is 5.32 Å². The van der Waals surface area contributed by atoms with Crippen LogP contribution in [0.3, 0.4) is 0 Å². The third-order valence-corrected chi connectivity index (χ3v) is 3.70. The number of hydrogen-bond acceptors (Lipinski definition) is 1. The standard InChI is InChI=1S/C16H19N/c1-12-4-6-15-10-13(5-7-14(15)9-12)11-16-3-2-8-17-16/h4-7,9-10,16-17H,2-3,8,11H2,1H3. The molecule has 2 aromatic rings. The lowest BCUT2D eigenvalue weighted by atomic mass is 10.00. The van der Waals surface area contributed by atoms with E-state index in [1.165, 1.54) is 47.7 Å². The van der Waals surface area contributed by atoms with Crippen LogP contribution in [0.1, 0.15) is 24.0 Å². The third-order valence-electron chi connectivity index (χ3n) is 3.70. The summed E-state index contributed by atoms with van der Waals surface area (Å²) in [5.41, 5.74) is 2.79. The predicted octanol–water partition coefficient (Wildman–Crippen LogP) is 3.44. The number of aryl methyl sites for hydroxylation is 1. The van der Waals surface area contributed by atoms with Crippen LogP contribution in [0.2, 0.25) is 0 Å². The SMILES string of the molecule is Cc1ccc2cc(CC3CCCN3)ccc2c1. The first-order chi connectivity index (χ1) is 8.31. The van der Waals surface area contributed by atoms with Crippen molar-refractivity contribution in [2.75, 3.05) is 6.54 Å². The summed E-state index contributed by atoms with van der Waals surface area (Å²) in [7, 11) is 0. The lowest BCUT2D eigenvalue weighted by Crippen LogP contribution is -2.23. The second-order valence-electron chi connectivity index (χ2n) is 5.18. The molecule has 1 unspecified atom stereocenters. The van der Waals surface area contributed by atoms with Crippen LogP contribution < -0.4 is 5.32 Å². The molecule has 1 heteroatoms. The van der Waals surface area contributed by atoms with E-state index in [0.717, 1.165) is 0 Å². The van der Waals surface area contributed by atoms with Gasteiger partial charge in [0.2, 0.25) is 0 Å². The van der Waals surface area contributed by atoms with Crippen molar-refractivity contribution in [3.8, 4) is 0 Å². The molecule has 0 amide bonds. The number of benzene rings is 2. The van der Waals surface area contributed by atoms with Crippen molar-refractivity contribution < 1.29 is 0 Å². The Morgan fingerprint density at radius 1 is 1.12 bits per heavy atom. The van der Waals surface area contributed by atoms with Crippen LogP contribution in [0.4, 0.5) is 0 Å². The molecule has 1 N–H and O–H groups in total. The molecule has 88 valence electrons. The summed E-state index contributed by atoms with van der Waals surface area (Å²) < 4.78 is 0. The Bertz CT molecular complexity index is 524. The normalized spacial score (nSPS) is 19.9. The predicted molar refractivity (Wildman–Crippen MR) is 73.4 cm³/mol. The molecule has 2 aromatic carbocycles. The highest BCUT2D eigenvalue weighted by molar-refractivity contribution is 5.83. The van der Waals surface area contributed by atoms with Crippen molar-refractivity contribution in [3.05, 3.63) is 47.5 Å². The van der Waals surface area contributed by atoms with Crippen molar-refractivity contribution >= 4 is 10.8 Å². The second-order valence-corrected chi connectivity index (χ2v) is 5.18. The van der Waals surface area contributed by atoms with Crippen LogP contribution in [0.5, 0.6) is 0 Å². The van der Waals surface area contributed by atoms with Gasteiger partial charge in [-0.2, -0.15) is 0 Å². The Morgan fingerprint density at radius 2 is 1.94 bits per heavy atom. The fourth-order valence-electron chi connectivity index (χ4n) is 2.76. The van der Waals surface area contributed by atoms with Crippen molar-refractivity contribution in [3.63, 3.8) is 0 Å². The molecule has 1 atom stereocenters. The van der Waals surface area contributed by atoms with Crippen LogP contribution >= 0.6 is 0 Å². The van der Waals surface area contributed by atoms with E-state index in [2.05, 4.69) is 48.6 Å². The zero-order valence-electron chi connectivity index (χ0n) is 10.4. The molecule has 1 heterocycles. The highest BCUT2D eigenvalue weighted by atomic mass is 14.9. The molecule has 17 heavy (non-hydrogen) atoms. The van der Waals surface area contributed by atoms with Gasteiger partial charge in [0.05, 0.1) is 0 Å². The molecule has 3 rings (SSSR count). The van der Waals surface area contributed by atoms with E-state index in [-0.39, 0.29) is 0 Å². The summed E-state index contributed by atoms with van der Waals surface area (Å²) in [5.74, 6) is 0. The number of nitrogens with one attached hydrogen (secondary N) is 1. The van der Waals surface area contributed by atoms with Crippen molar-refractivity contribution in [2.24, 2.45) is 0 Å². The van der Waals surface area contributed by atoms with Gasteiger partial charge in [-0.25, -0.2) is 0 Å². The number of fused-ring (bicyclic) bond motifs is 1. The summed E-state index contributed by atoms with van der Waals surface area (Å²) in [6.07, 6.45) is 3.83. The van der Waals surface area contributed by atoms with Gasteiger partial charge in [-0.3, -0.25) is 0 Å². The van der Waals surface area contributed by atoms with Crippen LogP contribution in [0.25, 0.3) is 10.8 Å².